The van der Waals surface area contributed by atoms with Gasteiger partial charge in [0.1, 0.15) is 5.82 Å². The summed E-state index contributed by atoms with van der Waals surface area (Å²) in [4.78, 5) is 0. The molecule has 0 bridgehead atoms. The molecule has 1 nitrogen and oxygen atoms in total. The lowest BCUT2D eigenvalue weighted by Crippen LogP contribution is -2.26. The van der Waals surface area contributed by atoms with Crippen LogP contribution in [0, 0.1) is 18.2 Å². The van der Waals surface area contributed by atoms with Gasteiger partial charge in [-0.2, -0.15) is 0 Å². The highest BCUT2D eigenvalue weighted by Gasteiger charge is 2.61. The molecule has 1 aliphatic rings. The summed E-state index contributed by atoms with van der Waals surface area (Å²) < 4.78 is 13.3. The van der Waals surface area contributed by atoms with Gasteiger partial charge in [0.2, 0.25) is 0 Å². The average Bonchev–Trinajstić information content (AvgIpc) is 2.74. The van der Waals surface area contributed by atoms with Crippen molar-refractivity contribution in [2.24, 2.45) is 11.1 Å². The first-order chi connectivity index (χ1) is 6.93. The first-order valence-electron chi connectivity index (χ1n) is 5.40. The topological polar surface area (TPSA) is 26.0 Å². The predicted octanol–water partition coefficient (Wildman–Crippen LogP) is 2.76. The Morgan fingerprint density at radius 1 is 1.40 bits per heavy atom. The highest BCUT2D eigenvalue weighted by Crippen LogP contribution is 2.64. The number of rotatable bonds is 2. The van der Waals surface area contributed by atoms with Crippen molar-refractivity contribution in [3.63, 3.8) is 0 Å². The molecular formula is C13H18FN. The smallest absolute Gasteiger partial charge is 0.123 e. The van der Waals surface area contributed by atoms with Crippen LogP contribution < -0.4 is 5.73 Å². The summed E-state index contributed by atoms with van der Waals surface area (Å²) in [7, 11) is 0. The fourth-order valence-electron chi connectivity index (χ4n) is 2.74. The van der Waals surface area contributed by atoms with Gasteiger partial charge in [0.05, 0.1) is 0 Å². The quantitative estimate of drug-likeness (QED) is 0.793. The van der Waals surface area contributed by atoms with E-state index in [1.54, 1.807) is 6.07 Å². The van der Waals surface area contributed by atoms with E-state index in [4.69, 9.17) is 5.73 Å². The third-order valence-electron chi connectivity index (χ3n) is 3.98. The number of aryl methyl sites for hydroxylation is 1. The van der Waals surface area contributed by atoms with Gasteiger partial charge in [-0.15, -0.1) is 0 Å². The number of nitrogens with two attached hydrogens (primary N) is 1. The number of benzene rings is 1. The van der Waals surface area contributed by atoms with E-state index in [9.17, 15) is 4.39 Å². The lowest BCUT2D eigenvalue weighted by molar-refractivity contribution is 0.497. The summed E-state index contributed by atoms with van der Waals surface area (Å²) in [6.07, 6.45) is 1.06. The molecule has 82 valence electrons. The van der Waals surface area contributed by atoms with E-state index in [0.29, 0.717) is 6.54 Å². The molecule has 1 aromatic rings. The molecule has 0 heterocycles. The van der Waals surface area contributed by atoms with Crippen molar-refractivity contribution in [3.05, 3.63) is 35.1 Å². The summed E-state index contributed by atoms with van der Waals surface area (Å²) in [6, 6.07) is 5.01. The maximum Gasteiger partial charge on any atom is 0.123 e. The Balaban J connectivity index is 2.50. The standard InChI is InChI=1S/C13H18FN/c1-9-4-5-10(14)6-11(9)13(8-15)7-12(13,2)3/h4-6H,7-8,15H2,1-3H3. The zero-order valence-electron chi connectivity index (χ0n) is 9.60. The highest BCUT2D eigenvalue weighted by atomic mass is 19.1. The minimum absolute atomic E-state index is 0.000810. The zero-order valence-corrected chi connectivity index (χ0v) is 9.60. The molecule has 0 saturated heterocycles. The van der Waals surface area contributed by atoms with Crippen LogP contribution in [0.1, 0.15) is 31.4 Å². The monoisotopic (exact) mass is 207 g/mol. The number of halogens is 1. The van der Waals surface area contributed by atoms with Crippen LogP contribution in [0.2, 0.25) is 0 Å². The molecular weight excluding hydrogens is 189 g/mol. The van der Waals surface area contributed by atoms with Gasteiger partial charge in [0.25, 0.3) is 0 Å². The molecule has 2 N–H and O–H groups in total. The van der Waals surface area contributed by atoms with Gasteiger partial charge < -0.3 is 5.73 Å². The van der Waals surface area contributed by atoms with E-state index >= 15 is 0 Å². The molecule has 1 atom stereocenters. The predicted molar refractivity (Wildman–Crippen MR) is 60.3 cm³/mol. The Bertz CT molecular complexity index is 398. The van der Waals surface area contributed by atoms with Crippen LogP contribution >= 0.6 is 0 Å². The first kappa shape index (κ1) is 10.6. The van der Waals surface area contributed by atoms with E-state index < -0.39 is 0 Å². The third-order valence-corrected chi connectivity index (χ3v) is 3.98. The van der Waals surface area contributed by atoms with Crippen molar-refractivity contribution in [1.29, 1.82) is 0 Å². The van der Waals surface area contributed by atoms with Crippen molar-refractivity contribution in [2.45, 2.75) is 32.6 Å². The molecule has 0 spiro atoms. The second kappa shape index (κ2) is 3.05. The number of hydrogen-bond acceptors (Lipinski definition) is 1. The molecule has 1 saturated carbocycles. The molecule has 0 radical (unpaired) electrons. The van der Waals surface area contributed by atoms with Crippen molar-refractivity contribution in [2.75, 3.05) is 6.54 Å². The summed E-state index contributed by atoms with van der Waals surface area (Å²) in [5, 5.41) is 0. The fourth-order valence-corrected chi connectivity index (χ4v) is 2.74. The van der Waals surface area contributed by atoms with E-state index in [0.717, 1.165) is 17.5 Å². The molecule has 15 heavy (non-hydrogen) atoms. The van der Waals surface area contributed by atoms with Gasteiger partial charge in [-0.1, -0.05) is 19.9 Å². The third kappa shape index (κ3) is 1.39. The van der Waals surface area contributed by atoms with Gasteiger partial charge >= 0.3 is 0 Å². The summed E-state index contributed by atoms with van der Waals surface area (Å²) in [5.74, 6) is -0.161. The maximum atomic E-state index is 13.3. The summed E-state index contributed by atoms with van der Waals surface area (Å²) in [6.45, 7) is 7.03. The first-order valence-corrected chi connectivity index (χ1v) is 5.40. The van der Waals surface area contributed by atoms with Crippen molar-refractivity contribution in [3.8, 4) is 0 Å². The van der Waals surface area contributed by atoms with E-state index in [2.05, 4.69) is 13.8 Å². The lowest BCUT2D eigenvalue weighted by atomic mass is 9.85. The van der Waals surface area contributed by atoms with Gasteiger partial charge in [-0.3, -0.25) is 0 Å². The van der Waals surface area contributed by atoms with Crippen LogP contribution in [-0.2, 0) is 5.41 Å². The molecule has 0 aromatic heterocycles. The second-order valence-corrected chi connectivity index (χ2v) is 5.31. The Labute approximate surface area is 90.5 Å². The Hall–Kier alpha value is -0.890. The molecule has 1 aromatic carbocycles. The SMILES string of the molecule is Cc1ccc(F)cc1C1(CN)CC1(C)C. The van der Waals surface area contributed by atoms with Crippen LogP contribution in [0.3, 0.4) is 0 Å². The van der Waals surface area contributed by atoms with Gasteiger partial charge in [-0.05, 0) is 42.0 Å². The largest absolute Gasteiger partial charge is 0.330 e. The van der Waals surface area contributed by atoms with Crippen molar-refractivity contribution >= 4 is 0 Å². The van der Waals surface area contributed by atoms with Gasteiger partial charge in [0.15, 0.2) is 0 Å². The van der Waals surface area contributed by atoms with E-state index in [1.165, 1.54) is 6.07 Å². The normalized spacial score (nSPS) is 27.8. The molecule has 1 unspecified atom stereocenters. The molecule has 2 rings (SSSR count). The van der Waals surface area contributed by atoms with Crippen LogP contribution in [0.25, 0.3) is 0 Å². The fraction of sp³-hybridized carbons (Fsp3) is 0.538. The molecule has 1 aliphatic carbocycles. The molecule has 2 heteroatoms. The van der Waals surface area contributed by atoms with Gasteiger partial charge in [-0.25, -0.2) is 4.39 Å². The van der Waals surface area contributed by atoms with Crippen molar-refractivity contribution in [1.82, 2.24) is 0 Å². The zero-order chi connectivity index (χ0) is 11.3. The minimum atomic E-state index is -0.161. The maximum absolute atomic E-state index is 13.3. The Kier molecular flexibility index (Phi) is 2.16. The van der Waals surface area contributed by atoms with Crippen molar-refractivity contribution < 1.29 is 4.39 Å². The van der Waals surface area contributed by atoms with Crippen LogP contribution in [0.4, 0.5) is 4.39 Å². The van der Waals surface area contributed by atoms with Crippen LogP contribution in [0.15, 0.2) is 18.2 Å². The Morgan fingerprint density at radius 3 is 2.47 bits per heavy atom. The average molecular weight is 207 g/mol. The summed E-state index contributed by atoms with van der Waals surface area (Å²) >= 11 is 0. The van der Waals surface area contributed by atoms with E-state index in [-0.39, 0.29) is 16.6 Å². The lowest BCUT2D eigenvalue weighted by Gasteiger charge is -2.21. The number of hydrogen-bond donors (Lipinski definition) is 1. The second-order valence-electron chi connectivity index (χ2n) is 5.31. The molecule has 0 aliphatic heterocycles. The summed E-state index contributed by atoms with van der Waals surface area (Å²) in [5.41, 5.74) is 8.32. The molecule has 1 fully saturated rings. The van der Waals surface area contributed by atoms with Gasteiger partial charge in [0, 0.05) is 12.0 Å². The van der Waals surface area contributed by atoms with Crippen LogP contribution in [-0.4, -0.2) is 6.54 Å². The van der Waals surface area contributed by atoms with E-state index in [1.807, 2.05) is 13.0 Å². The Morgan fingerprint density at radius 2 is 2.00 bits per heavy atom. The highest BCUT2D eigenvalue weighted by molar-refractivity contribution is 5.42. The minimum Gasteiger partial charge on any atom is -0.330 e. The van der Waals surface area contributed by atoms with Crippen LogP contribution in [0.5, 0.6) is 0 Å². The molecule has 0 amide bonds.